The van der Waals surface area contributed by atoms with Crippen LogP contribution in [0.15, 0.2) is 30.3 Å². The first kappa shape index (κ1) is 17.0. The van der Waals surface area contributed by atoms with Crippen molar-refractivity contribution < 1.29 is 13.2 Å². The van der Waals surface area contributed by atoms with Crippen LogP contribution < -0.4 is 4.72 Å². The van der Waals surface area contributed by atoms with Crippen LogP contribution in [0.5, 0.6) is 0 Å². The molecule has 0 aromatic heterocycles. The molecule has 22 heavy (non-hydrogen) atoms. The summed E-state index contributed by atoms with van der Waals surface area (Å²) in [4.78, 5) is 14.0. The highest BCUT2D eigenvalue weighted by molar-refractivity contribution is 7.89. The highest BCUT2D eigenvalue weighted by Crippen LogP contribution is 2.22. The maximum absolute atomic E-state index is 11.9. The number of carbonyl (C=O) groups excluding carboxylic acids is 1. The summed E-state index contributed by atoms with van der Waals surface area (Å²) in [5.74, 6) is 0.188. The third-order valence-electron chi connectivity index (χ3n) is 4.23. The fraction of sp³-hybridized carbons (Fsp3) is 0.562. The Labute approximate surface area is 132 Å². The van der Waals surface area contributed by atoms with Gasteiger partial charge in [0.2, 0.25) is 15.9 Å². The largest absolute Gasteiger partial charge is 0.292 e. The topological polar surface area (TPSA) is 66.5 Å². The number of piperidine rings is 1. The van der Waals surface area contributed by atoms with Gasteiger partial charge >= 0.3 is 0 Å². The van der Waals surface area contributed by atoms with Crippen molar-refractivity contribution >= 4 is 15.9 Å². The van der Waals surface area contributed by atoms with E-state index in [1.807, 2.05) is 6.07 Å². The van der Waals surface area contributed by atoms with Gasteiger partial charge in [0.1, 0.15) is 0 Å². The zero-order chi connectivity index (χ0) is 16.2. The molecule has 1 aromatic carbocycles. The van der Waals surface area contributed by atoms with Gasteiger partial charge in [-0.1, -0.05) is 30.3 Å². The van der Waals surface area contributed by atoms with E-state index in [0.717, 1.165) is 38.6 Å². The van der Waals surface area contributed by atoms with Crippen LogP contribution in [0.1, 0.15) is 25.3 Å². The van der Waals surface area contributed by atoms with Crippen molar-refractivity contribution in [2.75, 3.05) is 19.3 Å². The molecule has 1 aromatic rings. The maximum Gasteiger partial charge on any atom is 0.250 e. The number of carbonyl (C=O) groups is 1. The zero-order valence-electron chi connectivity index (χ0n) is 13.2. The van der Waals surface area contributed by atoms with Gasteiger partial charge < -0.3 is 0 Å². The summed E-state index contributed by atoms with van der Waals surface area (Å²) in [7, 11) is -3.48. The third-order valence-corrected chi connectivity index (χ3v) is 4.80. The molecule has 1 aliphatic heterocycles. The third kappa shape index (κ3) is 5.10. The van der Waals surface area contributed by atoms with Gasteiger partial charge in [-0.15, -0.1) is 0 Å². The minimum Gasteiger partial charge on any atom is -0.292 e. The second kappa shape index (κ2) is 7.24. The molecule has 1 saturated heterocycles. The van der Waals surface area contributed by atoms with Crippen LogP contribution in [0.2, 0.25) is 0 Å². The van der Waals surface area contributed by atoms with E-state index >= 15 is 0 Å². The van der Waals surface area contributed by atoms with E-state index in [2.05, 4.69) is 33.9 Å². The van der Waals surface area contributed by atoms with Crippen LogP contribution in [0.4, 0.5) is 0 Å². The van der Waals surface area contributed by atoms with Gasteiger partial charge in [0.05, 0.1) is 12.3 Å². The molecule has 1 amide bonds. The number of sulfonamides is 1. The molecule has 0 radical (unpaired) electrons. The van der Waals surface area contributed by atoms with Crippen molar-refractivity contribution in [2.24, 2.45) is 5.92 Å². The predicted octanol–water partition coefficient (Wildman–Crippen LogP) is 1.41. The summed E-state index contributed by atoms with van der Waals surface area (Å²) in [6, 6.07) is 10.0. The van der Waals surface area contributed by atoms with Gasteiger partial charge in [-0.05, 0) is 50.8 Å². The molecule has 1 aliphatic rings. The number of rotatable bonds is 5. The standard InChI is InChI=1S/C16H24N2O3S/c1-13(16(19)17-22(2,20)21)18-10-8-15(9-11-18)12-14-6-4-3-5-7-14/h3-7,13,15H,8-12H2,1-2H3,(H,17,19)/t13-/m0/s1. The van der Waals surface area contributed by atoms with Gasteiger partial charge in [-0.3, -0.25) is 14.4 Å². The minimum absolute atomic E-state index is 0.410. The zero-order valence-corrected chi connectivity index (χ0v) is 14.0. The van der Waals surface area contributed by atoms with E-state index < -0.39 is 22.0 Å². The highest BCUT2D eigenvalue weighted by atomic mass is 32.2. The fourth-order valence-electron chi connectivity index (χ4n) is 2.93. The molecular formula is C16H24N2O3S. The molecule has 1 fully saturated rings. The number of hydrogen-bond acceptors (Lipinski definition) is 4. The van der Waals surface area contributed by atoms with E-state index in [-0.39, 0.29) is 0 Å². The average Bonchev–Trinajstić information content (AvgIpc) is 2.46. The summed E-state index contributed by atoms with van der Waals surface area (Å²) in [5.41, 5.74) is 1.35. The monoisotopic (exact) mass is 324 g/mol. The lowest BCUT2D eigenvalue weighted by Crippen LogP contribution is -2.49. The smallest absolute Gasteiger partial charge is 0.250 e. The van der Waals surface area contributed by atoms with E-state index in [0.29, 0.717) is 5.92 Å². The van der Waals surface area contributed by atoms with Crippen LogP contribution in [0, 0.1) is 5.92 Å². The molecule has 1 heterocycles. The van der Waals surface area contributed by atoms with Crippen LogP contribution in [0.3, 0.4) is 0 Å². The Morgan fingerprint density at radius 2 is 1.86 bits per heavy atom. The van der Waals surface area contributed by atoms with Crippen LogP contribution >= 0.6 is 0 Å². The second-order valence-corrected chi connectivity index (χ2v) is 7.83. The highest BCUT2D eigenvalue weighted by Gasteiger charge is 2.27. The van der Waals surface area contributed by atoms with Crippen LogP contribution in [-0.4, -0.2) is 44.6 Å². The first-order valence-corrected chi connectivity index (χ1v) is 9.54. The predicted molar refractivity (Wildman–Crippen MR) is 86.9 cm³/mol. The molecule has 0 bridgehead atoms. The van der Waals surface area contributed by atoms with E-state index in [1.165, 1.54) is 5.56 Å². The SMILES string of the molecule is C[C@@H](C(=O)NS(C)(=O)=O)N1CCC(Cc2ccccc2)CC1. The van der Waals surface area contributed by atoms with Gasteiger partial charge in [0, 0.05) is 0 Å². The molecule has 0 unspecified atom stereocenters. The van der Waals surface area contributed by atoms with Gasteiger partial charge in [0.15, 0.2) is 0 Å². The number of amides is 1. The van der Waals surface area contributed by atoms with Gasteiger partial charge in [-0.2, -0.15) is 0 Å². The van der Waals surface area contributed by atoms with Gasteiger partial charge in [0.25, 0.3) is 0 Å². The quantitative estimate of drug-likeness (QED) is 0.889. The molecule has 0 saturated carbocycles. The van der Waals surface area contributed by atoms with Crippen molar-refractivity contribution in [1.29, 1.82) is 0 Å². The summed E-state index contributed by atoms with van der Waals surface area (Å²) in [6.45, 7) is 3.42. The molecule has 0 aliphatic carbocycles. The van der Waals surface area contributed by atoms with Crippen molar-refractivity contribution in [3.63, 3.8) is 0 Å². The Kier molecular flexibility index (Phi) is 5.58. The van der Waals surface area contributed by atoms with Crippen LogP contribution in [-0.2, 0) is 21.2 Å². The molecule has 1 atom stereocenters. The summed E-state index contributed by atoms with van der Waals surface area (Å²) in [6.07, 6.45) is 4.14. The molecule has 0 spiro atoms. The van der Waals surface area contributed by atoms with Gasteiger partial charge in [-0.25, -0.2) is 8.42 Å². The first-order valence-electron chi connectivity index (χ1n) is 7.65. The van der Waals surface area contributed by atoms with Crippen molar-refractivity contribution in [3.05, 3.63) is 35.9 Å². The number of nitrogens with zero attached hydrogens (tertiary/aromatic N) is 1. The Bertz CT molecular complexity index is 593. The first-order chi connectivity index (χ1) is 10.3. The van der Waals surface area contributed by atoms with Crippen molar-refractivity contribution in [1.82, 2.24) is 9.62 Å². The summed E-state index contributed by atoms with van der Waals surface area (Å²) < 4.78 is 24.3. The Morgan fingerprint density at radius 3 is 2.41 bits per heavy atom. The molecule has 122 valence electrons. The lowest BCUT2D eigenvalue weighted by Gasteiger charge is -2.35. The Morgan fingerprint density at radius 1 is 1.27 bits per heavy atom. The van der Waals surface area contributed by atoms with E-state index in [4.69, 9.17) is 0 Å². The summed E-state index contributed by atoms with van der Waals surface area (Å²) in [5, 5.41) is 0. The Balaban J connectivity index is 1.82. The number of nitrogens with one attached hydrogen (secondary N) is 1. The summed E-state index contributed by atoms with van der Waals surface area (Å²) >= 11 is 0. The lowest BCUT2D eigenvalue weighted by atomic mass is 9.89. The maximum atomic E-state index is 11.9. The Hall–Kier alpha value is -1.40. The average molecular weight is 324 g/mol. The van der Waals surface area contributed by atoms with Crippen molar-refractivity contribution in [3.8, 4) is 0 Å². The molecular weight excluding hydrogens is 300 g/mol. The van der Waals surface area contributed by atoms with Crippen molar-refractivity contribution in [2.45, 2.75) is 32.2 Å². The molecule has 2 rings (SSSR count). The molecule has 5 nitrogen and oxygen atoms in total. The fourth-order valence-corrected chi connectivity index (χ4v) is 3.46. The van der Waals surface area contributed by atoms with E-state index in [1.54, 1.807) is 6.92 Å². The number of benzene rings is 1. The van der Waals surface area contributed by atoms with Crippen LogP contribution in [0.25, 0.3) is 0 Å². The number of hydrogen-bond donors (Lipinski definition) is 1. The van der Waals surface area contributed by atoms with E-state index in [9.17, 15) is 13.2 Å². The minimum atomic E-state index is -3.48. The lowest BCUT2D eigenvalue weighted by molar-refractivity contribution is -0.124. The molecule has 1 N–H and O–H groups in total. The normalized spacial score (nSPS) is 18.8. The second-order valence-electron chi connectivity index (χ2n) is 6.08. The molecule has 6 heteroatoms. The number of likely N-dealkylation sites (tertiary alicyclic amines) is 1.